The summed E-state index contributed by atoms with van der Waals surface area (Å²) < 4.78 is 6.84. The van der Waals surface area contributed by atoms with Crippen LogP contribution in [-0.4, -0.2) is 16.9 Å². The van der Waals surface area contributed by atoms with E-state index < -0.39 is 0 Å². The van der Waals surface area contributed by atoms with Crippen molar-refractivity contribution in [3.8, 4) is 16.9 Å². The minimum atomic E-state index is 0.583. The number of halogens is 1. The standard InChI is InChI=1S/C12H14ClN3O/c1-7-4-8(17-3)5-9(11(7)13)10-6-15-16(2)12(10)14/h4-6H,14H2,1-3H3. The summed E-state index contributed by atoms with van der Waals surface area (Å²) in [6, 6.07) is 3.75. The van der Waals surface area contributed by atoms with Crippen molar-refractivity contribution in [2.24, 2.45) is 7.05 Å². The van der Waals surface area contributed by atoms with Crippen molar-refractivity contribution in [1.29, 1.82) is 0 Å². The first-order valence-electron chi connectivity index (χ1n) is 5.16. The molecule has 1 aromatic carbocycles. The number of anilines is 1. The fourth-order valence-electron chi connectivity index (χ4n) is 1.70. The molecule has 2 aromatic rings. The van der Waals surface area contributed by atoms with Crippen molar-refractivity contribution in [1.82, 2.24) is 9.78 Å². The van der Waals surface area contributed by atoms with Crippen LogP contribution in [0.2, 0.25) is 5.02 Å². The summed E-state index contributed by atoms with van der Waals surface area (Å²) in [5.74, 6) is 1.34. The molecule has 0 aliphatic rings. The second-order valence-electron chi connectivity index (χ2n) is 3.87. The van der Waals surface area contributed by atoms with E-state index in [-0.39, 0.29) is 0 Å². The van der Waals surface area contributed by atoms with Crippen LogP contribution in [0.1, 0.15) is 5.56 Å². The van der Waals surface area contributed by atoms with Gasteiger partial charge in [-0.3, -0.25) is 4.68 Å². The largest absolute Gasteiger partial charge is 0.497 e. The molecule has 5 heteroatoms. The topological polar surface area (TPSA) is 53.1 Å². The van der Waals surface area contributed by atoms with Gasteiger partial charge in [-0.2, -0.15) is 5.10 Å². The molecule has 0 spiro atoms. The van der Waals surface area contributed by atoms with Crippen molar-refractivity contribution in [2.45, 2.75) is 6.92 Å². The van der Waals surface area contributed by atoms with E-state index in [2.05, 4.69) is 5.10 Å². The molecule has 0 fully saturated rings. The first kappa shape index (κ1) is 11.8. The highest BCUT2D eigenvalue weighted by Gasteiger charge is 2.14. The van der Waals surface area contributed by atoms with Gasteiger partial charge in [-0.05, 0) is 24.6 Å². The molecule has 0 aliphatic carbocycles. The average molecular weight is 252 g/mol. The molecule has 4 nitrogen and oxygen atoms in total. The molecule has 0 unspecified atom stereocenters. The Morgan fingerprint density at radius 3 is 2.59 bits per heavy atom. The lowest BCUT2D eigenvalue weighted by atomic mass is 10.1. The minimum absolute atomic E-state index is 0.583. The zero-order valence-corrected chi connectivity index (χ0v) is 10.7. The molecule has 0 atom stereocenters. The van der Waals surface area contributed by atoms with E-state index in [1.165, 1.54) is 0 Å². The number of nitrogens with zero attached hydrogens (tertiary/aromatic N) is 2. The molecule has 0 saturated heterocycles. The Balaban J connectivity index is 2.66. The average Bonchev–Trinajstić information content (AvgIpc) is 2.64. The number of hydrogen-bond acceptors (Lipinski definition) is 3. The number of benzene rings is 1. The quantitative estimate of drug-likeness (QED) is 0.893. The molecule has 0 aliphatic heterocycles. The van der Waals surface area contributed by atoms with Gasteiger partial charge in [0.15, 0.2) is 0 Å². The number of rotatable bonds is 2. The normalized spacial score (nSPS) is 10.6. The molecule has 0 saturated carbocycles. The van der Waals surface area contributed by atoms with Crippen LogP contribution in [0.5, 0.6) is 5.75 Å². The summed E-state index contributed by atoms with van der Waals surface area (Å²) in [5.41, 5.74) is 8.56. The summed E-state index contributed by atoms with van der Waals surface area (Å²) in [4.78, 5) is 0. The summed E-state index contributed by atoms with van der Waals surface area (Å²) in [7, 11) is 3.42. The van der Waals surface area contributed by atoms with Gasteiger partial charge in [-0.25, -0.2) is 0 Å². The van der Waals surface area contributed by atoms with Gasteiger partial charge in [0.05, 0.1) is 18.3 Å². The number of nitrogens with two attached hydrogens (primary N) is 1. The SMILES string of the molecule is COc1cc(C)c(Cl)c(-c2cnn(C)c2N)c1. The third-order valence-electron chi connectivity index (χ3n) is 2.74. The molecule has 0 bridgehead atoms. The molecule has 90 valence electrons. The highest BCUT2D eigenvalue weighted by molar-refractivity contribution is 6.34. The van der Waals surface area contributed by atoms with Gasteiger partial charge in [-0.1, -0.05) is 11.6 Å². The van der Waals surface area contributed by atoms with Gasteiger partial charge in [0.25, 0.3) is 0 Å². The molecule has 0 radical (unpaired) electrons. The molecule has 2 N–H and O–H groups in total. The molecule has 2 rings (SSSR count). The van der Waals surface area contributed by atoms with Crippen molar-refractivity contribution in [2.75, 3.05) is 12.8 Å². The van der Waals surface area contributed by atoms with Crippen LogP contribution in [0.15, 0.2) is 18.3 Å². The van der Waals surface area contributed by atoms with Gasteiger partial charge in [-0.15, -0.1) is 0 Å². The Morgan fingerprint density at radius 1 is 1.35 bits per heavy atom. The summed E-state index contributed by atoms with van der Waals surface area (Å²) in [5, 5.41) is 4.78. The minimum Gasteiger partial charge on any atom is -0.497 e. The lowest BCUT2D eigenvalue weighted by Crippen LogP contribution is -1.98. The second-order valence-corrected chi connectivity index (χ2v) is 4.25. The summed E-state index contributed by atoms with van der Waals surface area (Å²) >= 11 is 6.29. The monoisotopic (exact) mass is 251 g/mol. The van der Waals surface area contributed by atoms with Crippen molar-refractivity contribution >= 4 is 17.4 Å². The Labute approximate surface area is 105 Å². The van der Waals surface area contributed by atoms with E-state index in [1.54, 1.807) is 25.0 Å². The van der Waals surface area contributed by atoms with Crippen molar-refractivity contribution in [3.63, 3.8) is 0 Å². The smallest absolute Gasteiger partial charge is 0.129 e. The maximum atomic E-state index is 6.29. The van der Waals surface area contributed by atoms with E-state index in [1.807, 2.05) is 19.1 Å². The van der Waals surface area contributed by atoms with E-state index in [9.17, 15) is 0 Å². The van der Waals surface area contributed by atoms with Crippen LogP contribution < -0.4 is 10.5 Å². The Kier molecular flexibility index (Phi) is 2.98. The number of aromatic nitrogens is 2. The predicted molar refractivity (Wildman–Crippen MR) is 69.4 cm³/mol. The van der Waals surface area contributed by atoms with Crippen LogP contribution in [0.3, 0.4) is 0 Å². The van der Waals surface area contributed by atoms with Gasteiger partial charge < -0.3 is 10.5 Å². The lowest BCUT2D eigenvalue weighted by molar-refractivity contribution is 0.414. The predicted octanol–water partition coefficient (Wildman–Crippen LogP) is 2.64. The maximum absolute atomic E-state index is 6.29. The first-order chi connectivity index (χ1) is 8.04. The summed E-state index contributed by atoms with van der Waals surface area (Å²) in [6.07, 6.45) is 1.70. The fourth-order valence-corrected chi connectivity index (χ4v) is 1.92. The first-order valence-corrected chi connectivity index (χ1v) is 5.54. The number of hydrogen-bond donors (Lipinski definition) is 1. The van der Waals surface area contributed by atoms with Crippen molar-refractivity contribution in [3.05, 3.63) is 28.9 Å². The third-order valence-corrected chi connectivity index (χ3v) is 3.24. The fraction of sp³-hybridized carbons (Fsp3) is 0.250. The van der Waals surface area contributed by atoms with E-state index >= 15 is 0 Å². The number of aryl methyl sites for hydroxylation is 2. The Morgan fingerprint density at radius 2 is 2.06 bits per heavy atom. The Bertz CT molecular complexity index is 563. The zero-order valence-electron chi connectivity index (χ0n) is 9.99. The third kappa shape index (κ3) is 1.96. The molecule has 1 heterocycles. The molecule has 17 heavy (non-hydrogen) atoms. The van der Waals surface area contributed by atoms with Gasteiger partial charge in [0.2, 0.25) is 0 Å². The van der Waals surface area contributed by atoms with E-state index in [4.69, 9.17) is 22.1 Å². The van der Waals surface area contributed by atoms with Crippen LogP contribution in [0.25, 0.3) is 11.1 Å². The highest BCUT2D eigenvalue weighted by atomic mass is 35.5. The molecule has 0 amide bonds. The second kappa shape index (κ2) is 4.30. The Hall–Kier alpha value is -1.68. The van der Waals surface area contributed by atoms with E-state index in [0.717, 1.165) is 22.4 Å². The van der Waals surface area contributed by atoms with Gasteiger partial charge in [0, 0.05) is 18.2 Å². The molecular formula is C12H14ClN3O. The zero-order chi connectivity index (χ0) is 12.6. The van der Waals surface area contributed by atoms with Gasteiger partial charge in [0.1, 0.15) is 11.6 Å². The van der Waals surface area contributed by atoms with E-state index in [0.29, 0.717) is 10.8 Å². The lowest BCUT2D eigenvalue weighted by Gasteiger charge is -2.09. The number of ether oxygens (including phenoxy) is 1. The van der Waals surface area contributed by atoms with Crippen LogP contribution in [0.4, 0.5) is 5.82 Å². The molecule has 1 aromatic heterocycles. The van der Waals surface area contributed by atoms with Crippen molar-refractivity contribution < 1.29 is 4.74 Å². The molecular weight excluding hydrogens is 238 g/mol. The number of nitrogen functional groups attached to an aromatic ring is 1. The van der Waals surface area contributed by atoms with Crippen LogP contribution in [-0.2, 0) is 7.05 Å². The highest BCUT2D eigenvalue weighted by Crippen LogP contribution is 2.36. The number of methoxy groups -OCH3 is 1. The van der Waals surface area contributed by atoms with Crippen LogP contribution in [0, 0.1) is 6.92 Å². The maximum Gasteiger partial charge on any atom is 0.129 e. The van der Waals surface area contributed by atoms with Gasteiger partial charge >= 0.3 is 0 Å². The summed E-state index contributed by atoms with van der Waals surface area (Å²) in [6.45, 7) is 1.93. The van der Waals surface area contributed by atoms with Crippen LogP contribution >= 0.6 is 11.6 Å².